The molecule has 0 N–H and O–H groups in total. The Bertz CT molecular complexity index is 787. The molecule has 104 valence electrons. The summed E-state index contributed by atoms with van der Waals surface area (Å²) in [4.78, 5) is 12.1. The van der Waals surface area contributed by atoms with Crippen molar-refractivity contribution in [2.24, 2.45) is 0 Å². The van der Waals surface area contributed by atoms with Crippen LogP contribution in [0.25, 0.3) is 11.3 Å². The molecule has 21 heavy (non-hydrogen) atoms. The van der Waals surface area contributed by atoms with Gasteiger partial charge in [0.15, 0.2) is 0 Å². The molecular weight excluding hydrogens is 262 g/mol. The van der Waals surface area contributed by atoms with Crippen LogP contribution in [0.1, 0.15) is 30.9 Å². The minimum atomic E-state index is -0.426. The lowest BCUT2D eigenvalue weighted by Crippen LogP contribution is -2.23. The Morgan fingerprint density at radius 1 is 1.10 bits per heavy atom. The molecule has 4 heteroatoms. The van der Waals surface area contributed by atoms with Crippen molar-refractivity contribution in [3.8, 4) is 23.4 Å². The van der Waals surface area contributed by atoms with Crippen molar-refractivity contribution < 1.29 is 0 Å². The molecule has 0 aliphatic heterocycles. The normalized spacial score (nSPS) is 10.1. The molecule has 0 saturated heterocycles. The van der Waals surface area contributed by atoms with E-state index in [0.29, 0.717) is 11.6 Å². The van der Waals surface area contributed by atoms with Gasteiger partial charge >= 0.3 is 0 Å². The highest BCUT2D eigenvalue weighted by molar-refractivity contribution is 5.61. The summed E-state index contributed by atoms with van der Waals surface area (Å²) in [6, 6.07) is 14.9. The first-order valence-electron chi connectivity index (χ1n) is 6.69. The van der Waals surface area contributed by atoms with E-state index in [2.05, 4.69) is 13.8 Å². The molecule has 0 fully saturated rings. The Kier molecular flexibility index (Phi) is 4.21. The fourth-order valence-corrected chi connectivity index (χ4v) is 2.18. The number of rotatable bonds is 3. The summed E-state index contributed by atoms with van der Waals surface area (Å²) in [5, 5.41) is 17.8. The lowest BCUT2D eigenvalue weighted by atomic mass is 10.0. The van der Waals surface area contributed by atoms with Crippen LogP contribution in [0.5, 0.6) is 0 Å². The molecule has 0 amide bonds. The molecule has 0 aliphatic carbocycles. The van der Waals surface area contributed by atoms with Crippen LogP contribution in [0, 0.1) is 22.7 Å². The number of pyridine rings is 1. The molecule has 0 bridgehead atoms. The molecule has 1 aromatic heterocycles. The van der Waals surface area contributed by atoms with E-state index < -0.39 is 5.56 Å². The van der Waals surface area contributed by atoms with Gasteiger partial charge in [-0.3, -0.25) is 9.36 Å². The van der Waals surface area contributed by atoms with Crippen LogP contribution in [0.2, 0.25) is 0 Å². The van der Waals surface area contributed by atoms with Gasteiger partial charge in [-0.2, -0.15) is 10.5 Å². The van der Waals surface area contributed by atoms with Crippen LogP contribution in [0.3, 0.4) is 0 Å². The summed E-state index contributed by atoms with van der Waals surface area (Å²) < 4.78 is 1.34. The van der Waals surface area contributed by atoms with Gasteiger partial charge in [-0.05, 0) is 29.2 Å². The van der Waals surface area contributed by atoms with Crippen molar-refractivity contribution in [2.75, 3.05) is 0 Å². The predicted octanol–water partition coefficient (Wildman–Crippen LogP) is 3.03. The van der Waals surface area contributed by atoms with Crippen molar-refractivity contribution in [3.05, 3.63) is 57.9 Å². The topological polar surface area (TPSA) is 69.6 Å². The SMILES string of the molecule is CC(C)c1ccc(-c2ccc(C#N)c(=O)n2CC#N)cc1. The number of aromatic nitrogens is 1. The number of nitrogens with zero attached hydrogens (tertiary/aromatic N) is 3. The third-order valence-electron chi connectivity index (χ3n) is 3.40. The quantitative estimate of drug-likeness (QED) is 0.865. The first-order chi connectivity index (χ1) is 10.1. The van der Waals surface area contributed by atoms with E-state index in [1.54, 1.807) is 6.07 Å². The predicted molar refractivity (Wildman–Crippen MR) is 80.6 cm³/mol. The second-order valence-corrected chi connectivity index (χ2v) is 5.07. The smallest absolute Gasteiger partial charge is 0.269 e. The maximum Gasteiger partial charge on any atom is 0.269 e. The Morgan fingerprint density at radius 2 is 1.76 bits per heavy atom. The van der Waals surface area contributed by atoms with Crippen LogP contribution in [0.15, 0.2) is 41.2 Å². The average Bonchev–Trinajstić information content (AvgIpc) is 2.49. The Hall–Kier alpha value is -2.85. The molecular formula is C17H15N3O. The molecule has 2 aromatic rings. The van der Waals surface area contributed by atoms with Gasteiger partial charge in [0.2, 0.25) is 0 Å². The van der Waals surface area contributed by atoms with E-state index >= 15 is 0 Å². The maximum atomic E-state index is 12.1. The van der Waals surface area contributed by atoms with Gasteiger partial charge in [-0.15, -0.1) is 0 Å². The third kappa shape index (κ3) is 2.85. The highest BCUT2D eigenvalue weighted by Crippen LogP contribution is 2.22. The van der Waals surface area contributed by atoms with Crippen LogP contribution >= 0.6 is 0 Å². The summed E-state index contributed by atoms with van der Waals surface area (Å²) in [5.74, 6) is 0.432. The second kappa shape index (κ2) is 6.07. The monoisotopic (exact) mass is 277 g/mol. The molecule has 0 aliphatic rings. The minimum Gasteiger partial charge on any atom is -0.293 e. The lowest BCUT2D eigenvalue weighted by molar-refractivity contribution is 0.794. The first-order valence-corrected chi connectivity index (χ1v) is 6.69. The number of hydrogen-bond donors (Lipinski definition) is 0. The molecule has 2 rings (SSSR count). The van der Waals surface area contributed by atoms with Crippen LogP contribution in [-0.4, -0.2) is 4.57 Å². The van der Waals surface area contributed by atoms with E-state index in [1.807, 2.05) is 36.4 Å². The first kappa shape index (κ1) is 14.6. The summed E-state index contributed by atoms with van der Waals surface area (Å²) in [6.07, 6.45) is 0. The Balaban J connectivity index is 2.59. The largest absolute Gasteiger partial charge is 0.293 e. The fraction of sp³-hybridized carbons (Fsp3) is 0.235. The summed E-state index contributed by atoms with van der Waals surface area (Å²) in [5.41, 5.74) is 2.34. The van der Waals surface area contributed by atoms with Gasteiger partial charge in [0.05, 0.1) is 11.8 Å². The molecule has 1 heterocycles. The molecule has 4 nitrogen and oxygen atoms in total. The van der Waals surface area contributed by atoms with Crippen molar-refractivity contribution >= 4 is 0 Å². The molecule has 0 unspecified atom stereocenters. The summed E-state index contributed by atoms with van der Waals surface area (Å²) >= 11 is 0. The van der Waals surface area contributed by atoms with Crippen LogP contribution < -0.4 is 5.56 Å². The van der Waals surface area contributed by atoms with E-state index in [1.165, 1.54) is 16.2 Å². The Labute approximate surface area is 123 Å². The number of hydrogen-bond acceptors (Lipinski definition) is 3. The third-order valence-corrected chi connectivity index (χ3v) is 3.40. The van der Waals surface area contributed by atoms with E-state index in [9.17, 15) is 4.79 Å². The van der Waals surface area contributed by atoms with Gasteiger partial charge in [-0.1, -0.05) is 38.1 Å². The summed E-state index contributed by atoms with van der Waals surface area (Å²) in [7, 11) is 0. The van der Waals surface area contributed by atoms with Gasteiger partial charge in [0.1, 0.15) is 18.2 Å². The zero-order valence-corrected chi connectivity index (χ0v) is 12.0. The molecule has 0 atom stereocenters. The number of benzene rings is 1. The van der Waals surface area contributed by atoms with Crippen molar-refractivity contribution in [2.45, 2.75) is 26.3 Å². The standard InChI is InChI=1S/C17H15N3O/c1-12(2)13-3-5-14(6-4-13)16-8-7-15(11-19)17(21)20(16)10-9-18/h3-8,12H,10H2,1-2H3. The highest BCUT2D eigenvalue weighted by Gasteiger charge is 2.10. The lowest BCUT2D eigenvalue weighted by Gasteiger charge is -2.12. The van der Waals surface area contributed by atoms with E-state index in [-0.39, 0.29) is 12.1 Å². The van der Waals surface area contributed by atoms with Crippen molar-refractivity contribution in [3.63, 3.8) is 0 Å². The fourth-order valence-electron chi connectivity index (χ4n) is 2.18. The average molecular weight is 277 g/mol. The summed E-state index contributed by atoms with van der Waals surface area (Å²) in [6.45, 7) is 4.15. The van der Waals surface area contributed by atoms with Crippen LogP contribution in [0.4, 0.5) is 0 Å². The van der Waals surface area contributed by atoms with Gasteiger partial charge in [0, 0.05) is 0 Å². The van der Waals surface area contributed by atoms with E-state index in [4.69, 9.17) is 10.5 Å². The van der Waals surface area contributed by atoms with E-state index in [0.717, 1.165) is 5.56 Å². The minimum absolute atomic E-state index is 0.0489. The second-order valence-electron chi connectivity index (χ2n) is 5.07. The molecule has 0 saturated carbocycles. The zero-order valence-electron chi connectivity index (χ0n) is 12.0. The zero-order chi connectivity index (χ0) is 15.4. The van der Waals surface area contributed by atoms with Crippen molar-refractivity contribution in [1.82, 2.24) is 4.57 Å². The van der Waals surface area contributed by atoms with Gasteiger partial charge in [-0.25, -0.2) is 0 Å². The number of nitriles is 2. The maximum absolute atomic E-state index is 12.1. The highest BCUT2D eigenvalue weighted by atomic mass is 16.1. The molecule has 0 spiro atoms. The molecule has 0 radical (unpaired) electrons. The van der Waals surface area contributed by atoms with Gasteiger partial charge in [0.25, 0.3) is 5.56 Å². The van der Waals surface area contributed by atoms with Gasteiger partial charge < -0.3 is 0 Å². The molecule has 1 aromatic carbocycles. The van der Waals surface area contributed by atoms with Crippen molar-refractivity contribution in [1.29, 1.82) is 10.5 Å². The Morgan fingerprint density at radius 3 is 2.29 bits per heavy atom. The van der Waals surface area contributed by atoms with Crippen LogP contribution in [-0.2, 0) is 6.54 Å².